The molecule has 124 valence electrons. The van der Waals surface area contributed by atoms with Crippen molar-refractivity contribution in [1.29, 1.82) is 0 Å². The summed E-state index contributed by atoms with van der Waals surface area (Å²) in [5.74, 6) is 0. The molecule has 0 unspecified atom stereocenters. The maximum absolute atomic E-state index is 11.7. The molecule has 0 aliphatic carbocycles. The second-order valence-corrected chi connectivity index (χ2v) is 7.22. The summed E-state index contributed by atoms with van der Waals surface area (Å²) in [6, 6.07) is 15.0. The summed E-state index contributed by atoms with van der Waals surface area (Å²) in [6.07, 6.45) is 0. The summed E-state index contributed by atoms with van der Waals surface area (Å²) >= 11 is 3.35. The minimum atomic E-state index is -4.43. The summed E-state index contributed by atoms with van der Waals surface area (Å²) in [4.78, 5) is -0.256. The van der Waals surface area contributed by atoms with E-state index in [1.165, 1.54) is 6.07 Å². The number of rotatable bonds is 3. The molecule has 0 spiro atoms. The number of nitrogens with two attached hydrogens (primary N) is 1. The van der Waals surface area contributed by atoms with Crippen LogP contribution in [0.15, 0.2) is 74.2 Å². The number of fused-ring (bicyclic) bond motifs is 1. The standard InChI is InChI=1S/C16H12BrN3O3S.Na.H/c17-12-7-3-4-8-13(12)19-20-14-9-15(24(21,22)23)10-5-1-2-6-11(10)16(14)18;;/h1-9H,18H2,(H,21,22,23);;. The molecular weight excluding hydrogens is 417 g/mol. The second kappa shape index (κ2) is 7.94. The zero-order valence-corrected chi connectivity index (χ0v) is 14.6. The average molecular weight is 430 g/mol. The van der Waals surface area contributed by atoms with Crippen LogP contribution in [0.4, 0.5) is 17.1 Å². The molecule has 0 fully saturated rings. The summed E-state index contributed by atoms with van der Waals surface area (Å²) in [6.45, 7) is 0. The molecule has 3 aromatic carbocycles. The SMILES string of the molecule is Nc1c(N=Nc2ccccc2Br)cc(S(=O)(=O)O)c2ccccc12.[NaH]. The number of benzene rings is 3. The van der Waals surface area contributed by atoms with Crippen LogP contribution in [0, 0.1) is 0 Å². The molecule has 9 heteroatoms. The summed E-state index contributed by atoms with van der Waals surface area (Å²) in [7, 11) is -4.43. The van der Waals surface area contributed by atoms with Crippen molar-refractivity contribution in [2.24, 2.45) is 10.2 Å². The van der Waals surface area contributed by atoms with Crippen molar-refractivity contribution in [3.05, 3.63) is 59.1 Å². The fourth-order valence-electron chi connectivity index (χ4n) is 2.29. The van der Waals surface area contributed by atoms with E-state index in [-0.39, 0.29) is 45.8 Å². The van der Waals surface area contributed by atoms with Gasteiger partial charge in [-0.3, -0.25) is 4.55 Å². The van der Waals surface area contributed by atoms with Crippen LogP contribution in [-0.2, 0) is 10.1 Å². The minimum absolute atomic E-state index is 0. The first-order valence-electron chi connectivity index (χ1n) is 6.83. The van der Waals surface area contributed by atoms with Crippen LogP contribution in [0.2, 0.25) is 0 Å². The van der Waals surface area contributed by atoms with Crippen LogP contribution in [0.1, 0.15) is 0 Å². The van der Waals surface area contributed by atoms with Crippen LogP contribution in [0.3, 0.4) is 0 Å². The van der Waals surface area contributed by atoms with Crippen molar-refractivity contribution in [2.75, 3.05) is 5.73 Å². The van der Waals surface area contributed by atoms with Crippen molar-refractivity contribution in [3.8, 4) is 0 Å². The van der Waals surface area contributed by atoms with Gasteiger partial charge in [-0.25, -0.2) is 0 Å². The Bertz CT molecular complexity index is 1070. The molecule has 0 saturated heterocycles. The molecule has 3 aromatic rings. The van der Waals surface area contributed by atoms with Gasteiger partial charge >= 0.3 is 29.6 Å². The molecule has 0 amide bonds. The number of nitrogen functional groups attached to an aromatic ring is 1. The molecule has 25 heavy (non-hydrogen) atoms. The molecule has 3 N–H and O–H groups in total. The van der Waals surface area contributed by atoms with E-state index in [0.717, 1.165) is 4.47 Å². The normalized spacial score (nSPS) is 11.6. The summed E-state index contributed by atoms with van der Waals surface area (Å²) in [5, 5.41) is 8.96. The van der Waals surface area contributed by atoms with E-state index in [9.17, 15) is 13.0 Å². The van der Waals surface area contributed by atoms with Crippen molar-refractivity contribution >= 4 is 83.4 Å². The van der Waals surface area contributed by atoms with Crippen molar-refractivity contribution < 1.29 is 13.0 Å². The molecule has 0 aliphatic rings. The monoisotopic (exact) mass is 429 g/mol. The van der Waals surface area contributed by atoms with E-state index in [4.69, 9.17) is 5.73 Å². The van der Waals surface area contributed by atoms with Gasteiger partial charge in [0.2, 0.25) is 0 Å². The molecule has 6 nitrogen and oxygen atoms in total. The van der Waals surface area contributed by atoms with E-state index in [1.54, 1.807) is 36.4 Å². The van der Waals surface area contributed by atoms with Gasteiger partial charge in [0.15, 0.2) is 0 Å². The first-order valence-corrected chi connectivity index (χ1v) is 9.06. The van der Waals surface area contributed by atoms with E-state index in [0.29, 0.717) is 16.5 Å². The Labute approximate surface area is 175 Å². The van der Waals surface area contributed by atoms with Gasteiger partial charge < -0.3 is 5.73 Å². The predicted octanol–water partition coefficient (Wildman–Crippen LogP) is 4.20. The van der Waals surface area contributed by atoms with Gasteiger partial charge in [0.25, 0.3) is 10.1 Å². The van der Waals surface area contributed by atoms with E-state index in [1.807, 2.05) is 12.1 Å². The van der Waals surface area contributed by atoms with Gasteiger partial charge in [-0.15, -0.1) is 10.2 Å². The molecule has 0 aliphatic heterocycles. The zero-order chi connectivity index (χ0) is 17.3. The topological polar surface area (TPSA) is 105 Å². The third-order valence-corrected chi connectivity index (χ3v) is 4.99. The third kappa shape index (κ3) is 4.28. The number of hydrogen-bond acceptors (Lipinski definition) is 5. The van der Waals surface area contributed by atoms with Gasteiger partial charge in [0.1, 0.15) is 10.6 Å². The average Bonchev–Trinajstić information content (AvgIpc) is 2.54. The van der Waals surface area contributed by atoms with Crippen molar-refractivity contribution in [2.45, 2.75) is 4.90 Å². The Kier molecular flexibility index (Phi) is 6.36. The fraction of sp³-hybridized carbons (Fsp3) is 0. The molecule has 3 rings (SSSR count). The third-order valence-electron chi connectivity index (χ3n) is 3.42. The van der Waals surface area contributed by atoms with E-state index in [2.05, 4.69) is 26.2 Å². The number of anilines is 1. The molecular formula is C16H13BrN3NaO3S. The zero-order valence-electron chi connectivity index (χ0n) is 12.2. The van der Waals surface area contributed by atoms with Crippen LogP contribution >= 0.6 is 15.9 Å². The first-order chi connectivity index (χ1) is 11.4. The van der Waals surface area contributed by atoms with Crippen molar-refractivity contribution in [1.82, 2.24) is 0 Å². The Morgan fingerprint density at radius 1 is 0.920 bits per heavy atom. The van der Waals surface area contributed by atoms with Gasteiger partial charge in [-0.1, -0.05) is 36.4 Å². The van der Waals surface area contributed by atoms with Gasteiger partial charge in [-0.05, 0) is 34.1 Å². The van der Waals surface area contributed by atoms with Crippen LogP contribution < -0.4 is 5.73 Å². The number of azo groups is 1. The fourth-order valence-corrected chi connectivity index (χ4v) is 3.37. The van der Waals surface area contributed by atoms with Gasteiger partial charge in [-0.2, -0.15) is 8.42 Å². The molecule has 0 atom stereocenters. The molecule has 0 saturated carbocycles. The number of hydrogen-bond donors (Lipinski definition) is 2. The molecule has 0 bridgehead atoms. The number of halogens is 1. The number of nitrogens with zero attached hydrogens (tertiary/aromatic N) is 2. The second-order valence-electron chi connectivity index (χ2n) is 4.98. The Morgan fingerprint density at radius 3 is 2.12 bits per heavy atom. The van der Waals surface area contributed by atoms with Crippen LogP contribution in [-0.4, -0.2) is 42.5 Å². The van der Waals surface area contributed by atoms with Gasteiger partial charge in [0, 0.05) is 15.2 Å². The van der Waals surface area contributed by atoms with E-state index < -0.39 is 10.1 Å². The first kappa shape index (κ1) is 20.0. The molecule has 0 heterocycles. The summed E-state index contributed by atoms with van der Waals surface area (Å²) in [5.41, 5.74) is 7.11. The van der Waals surface area contributed by atoms with Gasteiger partial charge in [0.05, 0.1) is 11.4 Å². The van der Waals surface area contributed by atoms with Crippen LogP contribution in [0.5, 0.6) is 0 Å². The Balaban J connectivity index is 0.00000225. The Hall–Kier alpha value is -1.29. The molecule has 0 aromatic heterocycles. The van der Waals surface area contributed by atoms with E-state index >= 15 is 0 Å². The quantitative estimate of drug-likeness (QED) is 0.281. The summed E-state index contributed by atoms with van der Waals surface area (Å²) < 4.78 is 33.6. The maximum atomic E-state index is 11.7. The van der Waals surface area contributed by atoms with Crippen LogP contribution in [0.25, 0.3) is 10.8 Å². The predicted molar refractivity (Wildman–Crippen MR) is 104 cm³/mol. The van der Waals surface area contributed by atoms with Crippen molar-refractivity contribution in [3.63, 3.8) is 0 Å². The molecule has 0 radical (unpaired) electrons. The Morgan fingerprint density at radius 2 is 1.48 bits per heavy atom.